The Balaban J connectivity index is 1.48. The van der Waals surface area contributed by atoms with Crippen molar-refractivity contribution in [2.75, 3.05) is 11.9 Å². The van der Waals surface area contributed by atoms with E-state index in [-0.39, 0.29) is 11.9 Å². The second-order valence-electron chi connectivity index (χ2n) is 5.89. The van der Waals surface area contributed by atoms with Crippen molar-refractivity contribution in [2.45, 2.75) is 12.8 Å². The number of aryl methyl sites for hydroxylation is 1. The van der Waals surface area contributed by atoms with Gasteiger partial charge in [0.1, 0.15) is 0 Å². The van der Waals surface area contributed by atoms with Gasteiger partial charge in [-0.1, -0.05) is 30.3 Å². The summed E-state index contributed by atoms with van der Waals surface area (Å²) in [4.78, 5) is 20.2. The molecular weight excluding hydrogens is 350 g/mol. The van der Waals surface area contributed by atoms with Crippen molar-refractivity contribution < 1.29 is 13.6 Å². The zero-order chi connectivity index (χ0) is 19.1. The minimum absolute atomic E-state index is 0.182. The van der Waals surface area contributed by atoms with Crippen molar-refractivity contribution in [1.29, 1.82) is 0 Å². The minimum Gasteiger partial charge on any atom is -0.352 e. The molecule has 0 saturated carbocycles. The van der Waals surface area contributed by atoms with Gasteiger partial charge in [0, 0.05) is 30.7 Å². The summed E-state index contributed by atoms with van der Waals surface area (Å²) in [5, 5.41) is 5.57. The first-order valence-corrected chi connectivity index (χ1v) is 8.48. The van der Waals surface area contributed by atoms with Crippen LogP contribution in [0.25, 0.3) is 0 Å². The molecule has 0 fully saturated rings. The fourth-order valence-corrected chi connectivity index (χ4v) is 2.45. The van der Waals surface area contributed by atoms with Crippen molar-refractivity contribution in [1.82, 2.24) is 15.3 Å². The highest BCUT2D eigenvalue weighted by Gasteiger charge is 2.08. The van der Waals surface area contributed by atoms with E-state index in [1.165, 1.54) is 24.0 Å². The molecule has 27 heavy (non-hydrogen) atoms. The molecule has 0 atom stereocenters. The zero-order valence-corrected chi connectivity index (χ0v) is 14.5. The quantitative estimate of drug-likeness (QED) is 0.622. The van der Waals surface area contributed by atoms with Crippen LogP contribution in [0.1, 0.15) is 22.3 Å². The topological polar surface area (TPSA) is 66.9 Å². The minimum atomic E-state index is -0.966. The molecule has 0 bridgehead atoms. The third-order valence-corrected chi connectivity index (χ3v) is 3.86. The number of rotatable bonds is 7. The Labute approximate surface area is 155 Å². The van der Waals surface area contributed by atoms with Crippen molar-refractivity contribution in [2.24, 2.45) is 0 Å². The Morgan fingerprint density at radius 2 is 1.70 bits per heavy atom. The first kappa shape index (κ1) is 18.4. The number of amides is 1. The summed E-state index contributed by atoms with van der Waals surface area (Å²) in [6.45, 7) is 0.544. The maximum atomic E-state index is 13.2. The number of nitrogens with one attached hydrogen (secondary N) is 2. The van der Waals surface area contributed by atoms with Crippen LogP contribution in [0.2, 0.25) is 0 Å². The Bertz CT molecular complexity index is 902. The number of aromatic nitrogens is 2. The van der Waals surface area contributed by atoms with Gasteiger partial charge < -0.3 is 10.6 Å². The number of hydrogen-bond acceptors (Lipinski definition) is 4. The fourth-order valence-electron chi connectivity index (χ4n) is 2.45. The van der Waals surface area contributed by atoms with Crippen LogP contribution in [0.3, 0.4) is 0 Å². The Hall–Kier alpha value is -3.35. The van der Waals surface area contributed by atoms with Crippen LogP contribution < -0.4 is 10.6 Å². The van der Waals surface area contributed by atoms with Crippen molar-refractivity contribution in [3.63, 3.8) is 0 Å². The van der Waals surface area contributed by atoms with E-state index in [0.29, 0.717) is 17.8 Å². The summed E-state index contributed by atoms with van der Waals surface area (Å²) < 4.78 is 26.1. The summed E-state index contributed by atoms with van der Waals surface area (Å²) >= 11 is 0. The lowest BCUT2D eigenvalue weighted by Crippen LogP contribution is -2.25. The molecule has 7 heteroatoms. The largest absolute Gasteiger partial charge is 0.352 e. The summed E-state index contributed by atoms with van der Waals surface area (Å²) in [5.74, 6) is -1.98. The van der Waals surface area contributed by atoms with Crippen molar-refractivity contribution in [3.8, 4) is 0 Å². The van der Waals surface area contributed by atoms with Crippen LogP contribution >= 0.6 is 0 Å². The summed E-state index contributed by atoms with van der Waals surface area (Å²) in [5.41, 5.74) is 1.86. The van der Waals surface area contributed by atoms with E-state index in [1.54, 1.807) is 0 Å². The highest BCUT2D eigenvalue weighted by Crippen LogP contribution is 2.16. The van der Waals surface area contributed by atoms with E-state index in [9.17, 15) is 13.6 Å². The zero-order valence-electron chi connectivity index (χ0n) is 14.5. The van der Waals surface area contributed by atoms with E-state index < -0.39 is 11.6 Å². The second kappa shape index (κ2) is 8.84. The van der Waals surface area contributed by atoms with E-state index in [0.717, 1.165) is 25.0 Å². The maximum Gasteiger partial charge on any atom is 0.254 e. The molecule has 1 aromatic heterocycles. The fraction of sp³-hybridized carbons (Fsp3) is 0.150. The van der Waals surface area contributed by atoms with Crippen LogP contribution in [0.15, 0.2) is 60.9 Å². The Kier molecular flexibility index (Phi) is 6.04. The lowest BCUT2D eigenvalue weighted by Gasteiger charge is -2.07. The van der Waals surface area contributed by atoms with Crippen LogP contribution in [0.4, 0.5) is 20.4 Å². The Morgan fingerprint density at radius 1 is 0.963 bits per heavy atom. The van der Waals surface area contributed by atoms with Gasteiger partial charge >= 0.3 is 0 Å². The lowest BCUT2D eigenvalue weighted by atomic mass is 10.1. The van der Waals surface area contributed by atoms with E-state index in [1.807, 2.05) is 30.3 Å². The van der Waals surface area contributed by atoms with Gasteiger partial charge in [-0.3, -0.25) is 4.79 Å². The number of halogens is 2. The average molecular weight is 368 g/mol. The van der Waals surface area contributed by atoms with Crippen LogP contribution in [-0.4, -0.2) is 22.4 Å². The third-order valence-electron chi connectivity index (χ3n) is 3.86. The molecule has 0 aliphatic carbocycles. The number of carbonyl (C=O) groups is 1. The molecule has 5 nitrogen and oxygen atoms in total. The molecule has 2 aromatic carbocycles. The van der Waals surface area contributed by atoms with Gasteiger partial charge in [0.15, 0.2) is 11.6 Å². The first-order chi connectivity index (χ1) is 13.1. The molecule has 138 valence electrons. The standard InChI is InChI=1S/C20H18F2N4O/c21-17-9-8-16(11-18(17)22)26-20-24-12-15(13-25-20)19(27)23-10-4-7-14-5-2-1-3-6-14/h1-3,5-6,8-9,11-13H,4,7,10H2,(H,23,27)(H,24,25,26). The summed E-state index contributed by atoms with van der Waals surface area (Å²) in [7, 11) is 0. The summed E-state index contributed by atoms with van der Waals surface area (Å²) in [6, 6.07) is 13.4. The predicted molar refractivity (Wildman–Crippen MR) is 98.8 cm³/mol. The molecule has 0 aliphatic rings. The van der Waals surface area contributed by atoms with E-state index in [4.69, 9.17) is 0 Å². The third kappa shape index (κ3) is 5.31. The normalized spacial score (nSPS) is 10.4. The second-order valence-corrected chi connectivity index (χ2v) is 5.89. The van der Waals surface area contributed by atoms with Crippen LogP contribution in [-0.2, 0) is 6.42 Å². The average Bonchev–Trinajstić information content (AvgIpc) is 2.69. The van der Waals surface area contributed by atoms with Gasteiger partial charge in [-0.15, -0.1) is 0 Å². The molecule has 1 amide bonds. The number of anilines is 2. The van der Waals surface area contributed by atoms with Gasteiger partial charge in [-0.05, 0) is 30.5 Å². The molecule has 0 spiro atoms. The monoisotopic (exact) mass is 368 g/mol. The molecule has 2 N–H and O–H groups in total. The molecule has 0 radical (unpaired) electrons. The highest BCUT2D eigenvalue weighted by atomic mass is 19.2. The van der Waals surface area contributed by atoms with Crippen LogP contribution in [0, 0.1) is 11.6 Å². The van der Waals surface area contributed by atoms with Crippen molar-refractivity contribution in [3.05, 3.63) is 83.7 Å². The Morgan fingerprint density at radius 3 is 2.41 bits per heavy atom. The maximum absolute atomic E-state index is 13.2. The van der Waals surface area contributed by atoms with Gasteiger partial charge in [-0.2, -0.15) is 0 Å². The molecule has 0 unspecified atom stereocenters. The summed E-state index contributed by atoms with van der Waals surface area (Å²) in [6.07, 6.45) is 4.46. The lowest BCUT2D eigenvalue weighted by molar-refractivity contribution is 0.0952. The predicted octanol–water partition coefficient (Wildman–Crippen LogP) is 3.86. The first-order valence-electron chi connectivity index (χ1n) is 8.48. The number of carbonyl (C=O) groups excluding carboxylic acids is 1. The molecule has 0 aliphatic heterocycles. The number of benzene rings is 2. The smallest absolute Gasteiger partial charge is 0.254 e. The van der Waals surface area contributed by atoms with E-state index >= 15 is 0 Å². The number of hydrogen-bond donors (Lipinski definition) is 2. The molecule has 1 heterocycles. The van der Waals surface area contributed by atoms with Gasteiger partial charge in [0.05, 0.1) is 5.56 Å². The molecular formula is C20H18F2N4O. The van der Waals surface area contributed by atoms with Crippen molar-refractivity contribution >= 4 is 17.5 Å². The SMILES string of the molecule is O=C(NCCCc1ccccc1)c1cnc(Nc2ccc(F)c(F)c2)nc1. The van der Waals surface area contributed by atoms with Gasteiger partial charge in [0.2, 0.25) is 5.95 Å². The van der Waals surface area contributed by atoms with Gasteiger partial charge in [0.25, 0.3) is 5.91 Å². The van der Waals surface area contributed by atoms with E-state index in [2.05, 4.69) is 20.6 Å². The number of nitrogens with zero attached hydrogens (tertiary/aromatic N) is 2. The highest BCUT2D eigenvalue weighted by molar-refractivity contribution is 5.93. The van der Waals surface area contributed by atoms with Gasteiger partial charge in [-0.25, -0.2) is 18.7 Å². The molecule has 3 aromatic rings. The van der Waals surface area contributed by atoms with Crippen LogP contribution in [0.5, 0.6) is 0 Å². The molecule has 3 rings (SSSR count). The molecule has 0 saturated heterocycles.